The maximum Gasteiger partial charge on any atom is 0.261 e. The molecule has 3 aromatic rings. The van der Waals surface area contributed by atoms with E-state index >= 15 is 0 Å². The van der Waals surface area contributed by atoms with Crippen LogP contribution >= 0.6 is 0 Å². The number of imidazole rings is 1. The fourth-order valence-corrected chi connectivity index (χ4v) is 4.27. The van der Waals surface area contributed by atoms with Gasteiger partial charge in [-0.15, -0.1) is 0 Å². The molecule has 7 heteroatoms. The van der Waals surface area contributed by atoms with Crippen molar-refractivity contribution in [3.63, 3.8) is 0 Å². The smallest absolute Gasteiger partial charge is 0.261 e. The molecule has 2 aromatic carbocycles. The Morgan fingerprint density at radius 3 is 2.73 bits per heavy atom. The SMILES string of the molecule is Cc1ccc(S(=O)(=O)Nc2ccc3nc(C4CCCO4)[nH]c3c2)cc1C. The third-order valence-electron chi connectivity index (χ3n) is 4.78. The number of nitrogens with one attached hydrogen (secondary N) is 2. The molecule has 4 rings (SSSR count). The Kier molecular flexibility index (Phi) is 4.20. The lowest BCUT2D eigenvalue weighted by Crippen LogP contribution is -2.13. The topological polar surface area (TPSA) is 84.1 Å². The van der Waals surface area contributed by atoms with Crippen LogP contribution in [-0.2, 0) is 14.8 Å². The highest BCUT2D eigenvalue weighted by molar-refractivity contribution is 7.92. The van der Waals surface area contributed by atoms with Crippen molar-refractivity contribution in [1.82, 2.24) is 9.97 Å². The second kappa shape index (κ2) is 6.41. The number of benzene rings is 2. The number of ether oxygens (including phenoxy) is 1. The van der Waals surface area contributed by atoms with Gasteiger partial charge < -0.3 is 9.72 Å². The first-order valence-corrected chi connectivity index (χ1v) is 10.1. The van der Waals surface area contributed by atoms with E-state index in [2.05, 4.69) is 14.7 Å². The minimum absolute atomic E-state index is 0.00178. The Morgan fingerprint density at radius 2 is 2.00 bits per heavy atom. The average molecular weight is 371 g/mol. The van der Waals surface area contributed by atoms with Crippen molar-refractivity contribution < 1.29 is 13.2 Å². The van der Waals surface area contributed by atoms with Crippen molar-refractivity contribution in [3.8, 4) is 0 Å². The highest BCUT2D eigenvalue weighted by atomic mass is 32.2. The first-order valence-electron chi connectivity index (χ1n) is 8.64. The summed E-state index contributed by atoms with van der Waals surface area (Å²) in [5.74, 6) is 0.798. The molecule has 0 amide bonds. The molecule has 1 unspecified atom stereocenters. The van der Waals surface area contributed by atoms with Gasteiger partial charge in [0.2, 0.25) is 0 Å². The lowest BCUT2D eigenvalue weighted by molar-refractivity contribution is 0.106. The number of rotatable bonds is 4. The lowest BCUT2D eigenvalue weighted by atomic mass is 10.1. The molecule has 136 valence electrons. The zero-order valence-corrected chi connectivity index (χ0v) is 15.6. The maximum atomic E-state index is 12.7. The second-order valence-corrected chi connectivity index (χ2v) is 8.39. The van der Waals surface area contributed by atoms with Gasteiger partial charge in [0.05, 0.1) is 21.6 Å². The van der Waals surface area contributed by atoms with Gasteiger partial charge in [-0.25, -0.2) is 13.4 Å². The summed E-state index contributed by atoms with van der Waals surface area (Å²) in [6.45, 7) is 4.61. The summed E-state index contributed by atoms with van der Waals surface area (Å²) < 4.78 is 33.6. The minimum atomic E-state index is -3.64. The van der Waals surface area contributed by atoms with Gasteiger partial charge in [0.1, 0.15) is 11.9 Å². The van der Waals surface area contributed by atoms with E-state index in [9.17, 15) is 8.42 Å². The van der Waals surface area contributed by atoms with Crippen LogP contribution in [0.1, 0.15) is 35.9 Å². The first-order chi connectivity index (χ1) is 12.4. The average Bonchev–Trinajstić information content (AvgIpc) is 3.25. The van der Waals surface area contributed by atoms with Crippen LogP contribution in [0.5, 0.6) is 0 Å². The van der Waals surface area contributed by atoms with Crippen molar-refractivity contribution in [2.24, 2.45) is 0 Å². The van der Waals surface area contributed by atoms with Crippen LogP contribution in [0.25, 0.3) is 11.0 Å². The molecule has 1 saturated heterocycles. The van der Waals surface area contributed by atoms with Crippen LogP contribution in [0.3, 0.4) is 0 Å². The summed E-state index contributed by atoms with van der Waals surface area (Å²) in [5, 5.41) is 0. The van der Waals surface area contributed by atoms with Gasteiger partial charge in [0.15, 0.2) is 0 Å². The predicted molar refractivity (Wildman–Crippen MR) is 101 cm³/mol. The zero-order chi connectivity index (χ0) is 18.3. The van der Waals surface area contributed by atoms with Crippen molar-refractivity contribution in [2.75, 3.05) is 11.3 Å². The minimum Gasteiger partial charge on any atom is -0.370 e. The third-order valence-corrected chi connectivity index (χ3v) is 6.15. The summed E-state index contributed by atoms with van der Waals surface area (Å²) >= 11 is 0. The third kappa shape index (κ3) is 3.20. The molecular weight excluding hydrogens is 350 g/mol. The molecule has 0 aliphatic carbocycles. The van der Waals surface area contributed by atoms with Gasteiger partial charge in [-0.05, 0) is 68.1 Å². The van der Waals surface area contributed by atoms with E-state index in [0.717, 1.165) is 47.4 Å². The van der Waals surface area contributed by atoms with Crippen LogP contribution in [0.15, 0.2) is 41.3 Å². The van der Waals surface area contributed by atoms with Gasteiger partial charge in [0.25, 0.3) is 10.0 Å². The van der Waals surface area contributed by atoms with Crippen molar-refractivity contribution in [3.05, 3.63) is 53.3 Å². The molecule has 1 atom stereocenters. The van der Waals surface area contributed by atoms with E-state index < -0.39 is 10.0 Å². The molecule has 1 aromatic heterocycles. The number of aromatic amines is 1. The number of aromatic nitrogens is 2. The molecule has 0 radical (unpaired) electrons. The standard InChI is InChI=1S/C19H21N3O3S/c1-12-5-7-15(10-13(12)2)26(23,24)22-14-6-8-16-17(11-14)21-19(20-16)18-4-3-9-25-18/h5-8,10-11,18,22H,3-4,9H2,1-2H3,(H,20,21). The zero-order valence-electron chi connectivity index (χ0n) is 14.7. The Labute approximate surface area is 152 Å². The van der Waals surface area contributed by atoms with E-state index in [1.54, 1.807) is 24.3 Å². The second-order valence-electron chi connectivity index (χ2n) is 6.71. The van der Waals surface area contributed by atoms with E-state index in [1.807, 2.05) is 26.0 Å². The quantitative estimate of drug-likeness (QED) is 0.730. The number of aryl methyl sites for hydroxylation is 2. The molecule has 0 saturated carbocycles. The molecule has 1 aliphatic rings. The monoisotopic (exact) mass is 371 g/mol. The molecule has 2 N–H and O–H groups in total. The maximum absolute atomic E-state index is 12.7. The molecule has 0 spiro atoms. The van der Waals surface area contributed by atoms with Gasteiger partial charge >= 0.3 is 0 Å². The molecule has 26 heavy (non-hydrogen) atoms. The normalized spacial score (nSPS) is 17.7. The van der Waals surface area contributed by atoms with Gasteiger partial charge in [-0.1, -0.05) is 6.07 Å². The lowest BCUT2D eigenvalue weighted by Gasteiger charge is -2.09. The summed E-state index contributed by atoms with van der Waals surface area (Å²) in [6.07, 6.45) is 1.98. The van der Waals surface area contributed by atoms with Crippen LogP contribution in [0.4, 0.5) is 5.69 Å². The summed E-state index contributed by atoms with van der Waals surface area (Å²) in [7, 11) is -3.64. The van der Waals surface area contributed by atoms with Gasteiger partial charge in [0, 0.05) is 6.61 Å². The molecule has 1 aliphatic heterocycles. The van der Waals surface area contributed by atoms with E-state index in [1.165, 1.54) is 0 Å². The highest BCUT2D eigenvalue weighted by Gasteiger charge is 2.21. The van der Waals surface area contributed by atoms with Crippen molar-refractivity contribution in [1.29, 1.82) is 0 Å². The first kappa shape index (κ1) is 17.1. The molecule has 2 heterocycles. The van der Waals surface area contributed by atoms with Crippen LogP contribution < -0.4 is 4.72 Å². The molecular formula is C19H21N3O3S. The number of nitrogens with zero attached hydrogens (tertiary/aromatic N) is 1. The van der Waals surface area contributed by atoms with Crippen LogP contribution in [0, 0.1) is 13.8 Å². The fraction of sp³-hybridized carbons (Fsp3) is 0.316. The van der Waals surface area contributed by atoms with Crippen molar-refractivity contribution in [2.45, 2.75) is 37.7 Å². The largest absolute Gasteiger partial charge is 0.370 e. The fourth-order valence-electron chi connectivity index (χ4n) is 3.13. The highest BCUT2D eigenvalue weighted by Crippen LogP contribution is 2.29. The molecule has 6 nitrogen and oxygen atoms in total. The number of anilines is 1. The Morgan fingerprint density at radius 1 is 1.15 bits per heavy atom. The summed E-state index contributed by atoms with van der Waals surface area (Å²) in [6, 6.07) is 10.4. The van der Waals surface area contributed by atoms with Crippen LogP contribution in [-0.4, -0.2) is 25.0 Å². The molecule has 0 bridgehead atoms. The Bertz CT molecular complexity index is 1070. The number of hydrogen-bond acceptors (Lipinski definition) is 4. The van der Waals surface area contributed by atoms with Gasteiger partial charge in [-0.2, -0.15) is 0 Å². The molecule has 1 fully saturated rings. The number of H-pyrrole nitrogens is 1. The summed E-state index contributed by atoms with van der Waals surface area (Å²) in [4.78, 5) is 8.06. The predicted octanol–water partition coefficient (Wildman–Crippen LogP) is 3.83. The number of sulfonamides is 1. The number of hydrogen-bond donors (Lipinski definition) is 2. The summed E-state index contributed by atoms with van der Waals surface area (Å²) in [5.41, 5.74) is 4.08. The van der Waals surface area contributed by atoms with E-state index in [4.69, 9.17) is 4.74 Å². The Balaban J connectivity index is 1.62. The van der Waals surface area contributed by atoms with E-state index in [-0.39, 0.29) is 11.0 Å². The van der Waals surface area contributed by atoms with Crippen molar-refractivity contribution >= 4 is 26.7 Å². The Hall–Kier alpha value is -2.38. The van der Waals surface area contributed by atoms with Crippen LogP contribution in [0.2, 0.25) is 0 Å². The van der Waals surface area contributed by atoms with Gasteiger partial charge in [-0.3, -0.25) is 4.72 Å². The number of fused-ring (bicyclic) bond motifs is 1. The van der Waals surface area contributed by atoms with E-state index in [0.29, 0.717) is 5.69 Å².